The smallest absolute Gasteiger partial charge is 0.310 e. The summed E-state index contributed by atoms with van der Waals surface area (Å²) in [6.45, 7) is 4.68. The predicted octanol–water partition coefficient (Wildman–Crippen LogP) is 2.71. The largest absolute Gasteiger partial charge is 0.502 e. The summed E-state index contributed by atoms with van der Waals surface area (Å²) in [6.07, 6.45) is 5.39. The van der Waals surface area contributed by atoms with E-state index in [0.29, 0.717) is 29.9 Å². The zero-order valence-corrected chi connectivity index (χ0v) is 26.2. The number of hydrogen-bond acceptors (Lipinski definition) is 11. The van der Waals surface area contributed by atoms with Gasteiger partial charge in [0.05, 0.1) is 32.8 Å². The molecule has 246 valence electrons. The SMILES string of the molecule is COc1cc([C@@H]2c3cc4c(cc3C(NC(=O)CCCNCCCCNCCCCN)C3COC(=O)[C@@H]32)OCO4)cc(OC)c1O. The molecular formula is C33H46N4O8. The van der Waals surface area contributed by atoms with E-state index >= 15 is 0 Å². The molecule has 0 bridgehead atoms. The standard InChI is InChI=1S/C33H46N4O8/c1-41-26-14-20(15-27(42-2)32(26)39)29-21-16-24-25(45-19-44-24)17-22(21)31(23-18-43-33(40)30(23)29)37-28(38)8-7-13-36-12-6-5-11-35-10-4-3-9-34/h14-17,23,29-31,35-36,39H,3-13,18-19,34H2,1-2H3,(H,37,38)/t23?,29-,30+,31?/m1/s1. The highest BCUT2D eigenvalue weighted by molar-refractivity contribution is 5.81. The van der Waals surface area contributed by atoms with Crippen molar-refractivity contribution in [2.24, 2.45) is 17.6 Å². The first-order valence-electron chi connectivity index (χ1n) is 15.9. The van der Waals surface area contributed by atoms with Crippen molar-refractivity contribution < 1.29 is 38.4 Å². The molecule has 0 saturated carbocycles. The van der Waals surface area contributed by atoms with Crippen LogP contribution in [-0.2, 0) is 14.3 Å². The Morgan fingerprint density at radius 3 is 2.11 bits per heavy atom. The lowest BCUT2D eigenvalue weighted by atomic mass is 9.65. The highest BCUT2D eigenvalue weighted by Gasteiger charge is 2.53. The minimum Gasteiger partial charge on any atom is -0.502 e. The van der Waals surface area contributed by atoms with Crippen LogP contribution in [0.2, 0.25) is 0 Å². The molecule has 2 unspecified atom stereocenters. The number of ether oxygens (including phenoxy) is 5. The third-order valence-corrected chi connectivity index (χ3v) is 8.89. The number of nitrogens with two attached hydrogens (primary N) is 1. The van der Waals surface area contributed by atoms with Gasteiger partial charge in [0.15, 0.2) is 23.0 Å². The van der Waals surface area contributed by atoms with Gasteiger partial charge in [-0.05, 0) is 106 Å². The van der Waals surface area contributed by atoms with Crippen LogP contribution in [0.15, 0.2) is 24.3 Å². The van der Waals surface area contributed by atoms with Crippen molar-refractivity contribution in [3.05, 3.63) is 41.0 Å². The Balaban J connectivity index is 1.27. The first-order chi connectivity index (χ1) is 22.0. The van der Waals surface area contributed by atoms with E-state index in [-0.39, 0.29) is 48.4 Å². The van der Waals surface area contributed by atoms with Crippen molar-refractivity contribution in [2.45, 2.75) is 50.5 Å². The van der Waals surface area contributed by atoms with Gasteiger partial charge in [-0.25, -0.2) is 0 Å². The number of cyclic esters (lactones) is 1. The van der Waals surface area contributed by atoms with E-state index in [1.807, 2.05) is 12.1 Å². The predicted molar refractivity (Wildman–Crippen MR) is 167 cm³/mol. The number of phenolic OH excluding ortho intramolecular Hbond substituents is 1. The minimum absolute atomic E-state index is 0.0865. The molecule has 2 aromatic carbocycles. The molecule has 2 heterocycles. The molecule has 1 saturated heterocycles. The number of aromatic hydroxyl groups is 1. The number of nitrogens with one attached hydrogen (secondary N) is 3. The third-order valence-electron chi connectivity index (χ3n) is 8.89. The van der Waals surface area contributed by atoms with Crippen LogP contribution in [0.5, 0.6) is 28.7 Å². The number of fused-ring (bicyclic) bond motifs is 3. The quantitative estimate of drug-likeness (QED) is 0.130. The van der Waals surface area contributed by atoms with Gasteiger partial charge in [0, 0.05) is 18.3 Å². The third kappa shape index (κ3) is 7.40. The van der Waals surface area contributed by atoms with Crippen LogP contribution in [0.1, 0.15) is 67.2 Å². The van der Waals surface area contributed by atoms with Gasteiger partial charge in [-0.3, -0.25) is 9.59 Å². The van der Waals surface area contributed by atoms with Crippen LogP contribution in [0.25, 0.3) is 0 Å². The summed E-state index contributed by atoms with van der Waals surface area (Å²) in [6, 6.07) is 6.75. The number of rotatable bonds is 17. The Morgan fingerprint density at radius 1 is 0.889 bits per heavy atom. The molecule has 2 aliphatic heterocycles. The summed E-state index contributed by atoms with van der Waals surface area (Å²) in [7, 11) is 2.92. The molecule has 1 amide bonds. The maximum atomic E-state index is 13.3. The summed E-state index contributed by atoms with van der Waals surface area (Å²) >= 11 is 0. The molecule has 6 N–H and O–H groups in total. The van der Waals surface area contributed by atoms with Crippen molar-refractivity contribution in [2.75, 3.05) is 60.3 Å². The zero-order chi connectivity index (χ0) is 31.8. The second-order valence-corrected chi connectivity index (χ2v) is 11.8. The average molecular weight is 627 g/mol. The molecule has 45 heavy (non-hydrogen) atoms. The Bertz CT molecular complexity index is 1310. The molecule has 0 spiro atoms. The van der Waals surface area contributed by atoms with E-state index in [0.717, 1.165) is 69.5 Å². The minimum atomic E-state index is -0.584. The maximum Gasteiger partial charge on any atom is 0.310 e. The fourth-order valence-electron chi connectivity index (χ4n) is 6.60. The lowest BCUT2D eigenvalue weighted by Gasteiger charge is -2.39. The van der Waals surface area contributed by atoms with Crippen LogP contribution < -0.4 is 40.6 Å². The molecule has 5 rings (SSSR count). The van der Waals surface area contributed by atoms with E-state index in [4.69, 9.17) is 29.4 Å². The Morgan fingerprint density at radius 2 is 1.49 bits per heavy atom. The lowest BCUT2D eigenvalue weighted by molar-refractivity contribution is -0.141. The van der Waals surface area contributed by atoms with Gasteiger partial charge in [0.2, 0.25) is 18.4 Å². The number of hydrogen-bond donors (Lipinski definition) is 5. The number of carbonyl (C=O) groups excluding carboxylic acids is 2. The summed E-state index contributed by atoms with van der Waals surface area (Å²) in [5.74, 6) is -0.289. The molecule has 3 aliphatic rings. The highest BCUT2D eigenvalue weighted by atomic mass is 16.7. The summed E-state index contributed by atoms with van der Waals surface area (Å²) in [5, 5.41) is 20.7. The zero-order valence-electron chi connectivity index (χ0n) is 26.2. The van der Waals surface area contributed by atoms with Crippen molar-refractivity contribution in [1.82, 2.24) is 16.0 Å². The van der Waals surface area contributed by atoms with Gasteiger partial charge >= 0.3 is 5.97 Å². The van der Waals surface area contributed by atoms with Gasteiger partial charge in [-0.1, -0.05) is 0 Å². The fraction of sp³-hybridized carbons (Fsp3) is 0.576. The molecule has 12 heteroatoms. The van der Waals surface area contributed by atoms with Gasteiger partial charge in [0.25, 0.3) is 0 Å². The summed E-state index contributed by atoms with van der Waals surface area (Å²) in [4.78, 5) is 26.6. The van der Waals surface area contributed by atoms with Crippen LogP contribution in [0.4, 0.5) is 0 Å². The van der Waals surface area contributed by atoms with Crippen molar-refractivity contribution in [3.63, 3.8) is 0 Å². The van der Waals surface area contributed by atoms with E-state index in [2.05, 4.69) is 16.0 Å². The normalized spacial score (nSPS) is 21.2. The maximum absolute atomic E-state index is 13.3. The van der Waals surface area contributed by atoms with E-state index in [1.165, 1.54) is 14.2 Å². The number of amides is 1. The Kier molecular flexibility index (Phi) is 11.2. The van der Waals surface area contributed by atoms with E-state index < -0.39 is 17.9 Å². The monoisotopic (exact) mass is 626 g/mol. The number of methoxy groups -OCH3 is 2. The van der Waals surface area contributed by atoms with Crippen molar-refractivity contribution in [3.8, 4) is 28.7 Å². The second kappa shape index (κ2) is 15.5. The molecule has 0 aromatic heterocycles. The van der Waals surface area contributed by atoms with Gasteiger partial charge < -0.3 is 50.5 Å². The van der Waals surface area contributed by atoms with Crippen LogP contribution in [0, 0.1) is 11.8 Å². The molecular weight excluding hydrogens is 580 g/mol. The number of benzene rings is 2. The first kappa shape index (κ1) is 32.6. The first-order valence-corrected chi connectivity index (χ1v) is 15.9. The fourth-order valence-corrected chi connectivity index (χ4v) is 6.60. The summed E-state index contributed by atoms with van der Waals surface area (Å²) in [5.41, 5.74) is 7.90. The number of phenols is 1. The van der Waals surface area contributed by atoms with Gasteiger partial charge in [-0.15, -0.1) is 0 Å². The average Bonchev–Trinajstić information content (AvgIpc) is 3.67. The molecule has 2 aromatic rings. The molecule has 4 atom stereocenters. The summed E-state index contributed by atoms with van der Waals surface area (Å²) < 4.78 is 27.9. The van der Waals surface area contributed by atoms with Crippen molar-refractivity contribution in [1.29, 1.82) is 0 Å². The second-order valence-electron chi connectivity index (χ2n) is 11.8. The number of esters is 1. The van der Waals surface area contributed by atoms with Crippen molar-refractivity contribution >= 4 is 11.9 Å². The van der Waals surface area contributed by atoms with Crippen LogP contribution in [-0.4, -0.2) is 77.3 Å². The number of carbonyl (C=O) groups is 2. The molecule has 1 aliphatic carbocycles. The Labute approximate surface area is 264 Å². The van der Waals surface area contributed by atoms with E-state index in [9.17, 15) is 14.7 Å². The Hall–Kier alpha value is -3.74. The highest BCUT2D eigenvalue weighted by Crippen LogP contribution is 2.55. The van der Waals surface area contributed by atoms with E-state index in [1.54, 1.807) is 12.1 Å². The van der Waals surface area contributed by atoms with Crippen LogP contribution in [0.3, 0.4) is 0 Å². The van der Waals surface area contributed by atoms with Gasteiger partial charge in [0.1, 0.15) is 0 Å². The molecule has 1 fully saturated rings. The topological polar surface area (TPSA) is 163 Å². The molecule has 0 radical (unpaired) electrons. The molecule has 12 nitrogen and oxygen atoms in total. The van der Waals surface area contributed by atoms with Crippen LogP contribution >= 0.6 is 0 Å². The van der Waals surface area contributed by atoms with Gasteiger partial charge in [-0.2, -0.15) is 0 Å². The lowest BCUT2D eigenvalue weighted by Crippen LogP contribution is -2.42. The number of unbranched alkanes of at least 4 members (excludes halogenated alkanes) is 2.